The first-order chi connectivity index (χ1) is 5.52. The van der Waals surface area contributed by atoms with Crippen molar-refractivity contribution in [3.8, 4) is 0 Å². The molecule has 1 rings (SSSR count). The normalized spacial score (nSPS) is 14.3. The van der Waals surface area contributed by atoms with Crippen LogP contribution >= 0.6 is 0 Å². The fraction of sp³-hybridized carbons (Fsp3) is 0.500. The Hall–Kier alpha value is -0.920. The molecule has 0 radical (unpaired) electrons. The lowest BCUT2D eigenvalue weighted by Crippen LogP contribution is -2.13. The summed E-state index contributed by atoms with van der Waals surface area (Å²) in [5, 5.41) is 0. The number of pyridine rings is 1. The lowest BCUT2D eigenvalue weighted by Gasteiger charge is -2.23. The molecule has 1 atom stereocenters. The molecule has 0 spiro atoms. The number of nitrogens with zero attached hydrogens (tertiary/aromatic N) is 1. The molecule has 0 amide bonds. The van der Waals surface area contributed by atoms with Gasteiger partial charge in [0, 0.05) is 12.4 Å². The third-order valence-corrected chi connectivity index (χ3v) is 1.76. The fourth-order valence-corrected chi connectivity index (χ4v) is 1.03. The van der Waals surface area contributed by atoms with Gasteiger partial charge in [-0.05, 0) is 23.1 Å². The fourth-order valence-electron chi connectivity index (χ4n) is 1.03. The molecule has 66 valence electrons. The second-order valence-electron chi connectivity index (χ2n) is 4.01. The van der Waals surface area contributed by atoms with E-state index in [4.69, 9.17) is 0 Å². The number of rotatable bonds is 1. The Kier molecular flexibility index (Phi) is 2.46. The minimum atomic E-state index is -0.916. The van der Waals surface area contributed by atoms with E-state index >= 15 is 0 Å². The van der Waals surface area contributed by atoms with Crippen molar-refractivity contribution < 1.29 is 4.39 Å². The van der Waals surface area contributed by atoms with E-state index in [9.17, 15) is 4.39 Å². The van der Waals surface area contributed by atoms with Crippen LogP contribution in [0, 0.1) is 5.41 Å². The predicted molar refractivity (Wildman–Crippen MR) is 47.5 cm³/mol. The zero-order chi connectivity index (χ0) is 9.19. The highest BCUT2D eigenvalue weighted by atomic mass is 19.1. The molecular weight excluding hydrogens is 153 g/mol. The number of alkyl halides is 1. The molecule has 1 heterocycles. The summed E-state index contributed by atoms with van der Waals surface area (Å²) in [4.78, 5) is 3.84. The van der Waals surface area contributed by atoms with Gasteiger partial charge in [0.15, 0.2) is 0 Å². The maximum absolute atomic E-state index is 13.6. The Labute approximate surface area is 72.6 Å². The average Bonchev–Trinajstić information content (AvgIpc) is 2.03. The first-order valence-corrected chi connectivity index (χ1v) is 4.06. The molecule has 0 bridgehead atoms. The van der Waals surface area contributed by atoms with Gasteiger partial charge in [0.2, 0.25) is 0 Å². The second-order valence-corrected chi connectivity index (χ2v) is 4.01. The van der Waals surface area contributed by atoms with E-state index in [0.29, 0.717) is 5.56 Å². The van der Waals surface area contributed by atoms with Crippen molar-refractivity contribution >= 4 is 0 Å². The summed E-state index contributed by atoms with van der Waals surface area (Å²) >= 11 is 0. The Morgan fingerprint density at radius 2 is 1.75 bits per heavy atom. The van der Waals surface area contributed by atoms with Gasteiger partial charge in [0.05, 0.1) is 0 Å². The first-order valence-electron chi connectivity index (χ1n) is 4.06. The van der Waals surface area contributed by atoms with Crippen molar-refractivity contribution in [2.24, 2.45) is 5.41 Å². The zero-order valence-corrected chi connectivity index (χ0v) is 7.71. The molecule has 0 aliphatic heterocycles. The van der Waals surface area contributed by atoms with Crippen LogP contribution in [0.2, 0.25) is 0 Å². The molecule has 0 saturated heterocycles. The second kappa shape index (κ2) is 3.21. The molecular formula is C10H14FN. The van der Waals surface area contributed by atoms with Crippen LogP contribution in [0.4, 0.5) is 4.39 Å². The molecule has 0 aliphatic rings. The standard InChI is InChI=1S/C10H14FN/c1-10(2,3)9(11)8-4-6-12-7-5-8/h4-7,9H,1-3H3. The number of aromatic nitrogens is 1. The van der Waals surface area contributed by atoms with Crippen molar-refractivity contribution in [3.63, 3.8) is 0 Å². The van der Waals surface area contributed by atoms with Crippen LogP contribution in [0.25, 0.3) is 0 Å². The molecule has 0 aliphatic carbocycles. The van der Waals surface area contributed by atoms with Gasteiger partial charge >= 0.3 is 0 Å². The highest BCUT2D eigenvalue weighted by Crippen LogP contribution is 2.35. The van der Waals surface area contributed by atoms with Gasteiger partial charge in [-0.15, -0.1) is 0 Å². The van der Waals surface area contributed by atoms with E-state index in [1.54, 1.807) is 24.5 Å². The molecule has 0 fully saturated rings. The number of hydrogen-bond donors (Lipinski definition) is 0. The van der Waals surface area contributed by atoms with Gasteiger partial charge in [-0.1, -0.05) is 20.8 Å². The molecule has 1 unspecified atom stereocenters. The SMILES string of the molecule is CC(C)(C)C(F)c1ccncc1. The van der Waals surface area contributed by atoms with Crippen molar-refractivity contribution in [3.05, 3.63) is 30.1 Å². The minimum absolute atomic E-state index is 0.332. The number of halogens is 1. The van der Waals surface area contributed by atoms with Gasteiger partial charge in [-0.3, -0.25) is 4.98 Å². The summed E-state index contributed by atoms with van der Waals surface area (Å²) in [6, 6.07) is 3.44. The largest absolute Gasteiger partial charge is 0.265 e. The molecule has 0 N–H and O–H groups in total. The third kappa shape index (κ3) is 2.03. The summed E-state index contributed by atoms with van der Waals surface area (Å²) in [6.45, 7) is 5.66. The van der Waals surface area contributed by atoms with Gasteiger partial charge in [-0.25, -0.2) is 4.39 Å². The van der Waals surface area contributed by atoms with Crippen molar-refractivity contribution in [2.45, 2.75) is 26.9 Å². The maximum Gasteiger partial charge on any atom is 0.130 e. The van der Waals surface area contributed by atoms with E-state index in [0.717, 1.165) is 0 Å². The predicted octanol–water partition coefficient (Wildman–Crippen LogP) is 3.14. The highest BCUT2D eigenvalue weighted by Gasteiger charge is 2.25. The molecule has 1 aromatic rings. The van der Waals surface area contributed by atoms with Crippen LogP contribution < -0.4 is 0 Å². The van der Waals surface area contributed by atoms with E-state index in [1.807, 2.05) is 20.8 Å². The lowest BCUT2D eigenvalue weighted by molar-refractivity contribution is 0.165. The van der Waals surface area contributed by atoms with Gasteiger partial charge in [-0.2, -0.15) is 0 Å². The summed E-state index contributed by atoms with van der Waals surface area (Å²) in [6.07, 6.45) is 2.32. The Morgan fingerprint density at radius 1 is 1.25 bits per heavy atom. The van der Waals surface area contributed by atoms with Gasteiger partial charge < -0.3 is 0 Å². The van der Waals surface area contributed by atoms with Crippen LogP contribution in [-0.2, 0) is 0 Å². The number of hydrogen-bond acceptors (Lipinski definition) is 1. The Balaban J connectivity index is 2.86. The van der Waals surface area contributed by atoms with E-state index in [1.165, 1.54) is 0 Å². The summed E-state index contributed by atoms with van der Waals surface area (Å²) in [7, 11) is 0. The molecule has 0 saturated carbocycles. The average molecular weight is 167 g/mol. The molecule has 12 heavy (non-hydrogen) atoms. The van der Waals surface area contributed by atoms with Gasteiger partial charge in [0.25, 0.3) is 0 Å². The van der Waals surface area contributed by atoms with Crippen molar-refractivity contribution in [1.82, 2.24) is 4.98 Å². The Bertz CT molecular complexity index is 238. The summed E-state index contributed by atoms with van der Waals surface area (Å²) in [5.74, 6) is 0. The van der Waals surface area contributed by atoms with E-state index < -0.39 is 6.17 Å². The van der Waals surface area contributed by atoms with Crippen molar-refractivity contribution in [2.75, 3.05) is 0 Å². The van der Waals surface area contributed by atoms with Crippen LogP contribution in [0.3, 0.4) is 0 Å². The maximum atomic E-state index is 13.6. The third-order valence-electron chi connectivity index (χ3n) is 1.76. The van der Waals surface area contributed by atoms with Gasteiger partial charge in [0.1, 0.15) is 6.17 Å². The van der Waals surface area contributed by atoms with Crippen LogP contribution in [0.15, 0.2) is 24.5 Å². The van der Waals surface area contributed by atoms with Crippen LogP contribution in [-0.4, -0.2) is 4.98 Å². The zero-order valence-electron chi connectivity index (χ0n) is 7.71. The topological polar surface area (TPSA) is 12.9 Å². The highest BCUT2D eigenvalue weighted by molar-refractivity contribution is 5.15. The van der Waals surface area contributed by atoms with Crippen molar-refractivity contribution in [1.29, 1.82) is 0 Å². The van der Waals surface area contributed by atoms with E-state index in [-0.39, 0.29) is 5.41 Å². The van der Waals surface area contributed by atoms with Crippen LogP contribution in [0.1, 0.15) is 32.5 Å². The smallest absolute Gasteiger partial charge is 0.130 e. The first kappa shape index (κ1) is 9.17. The minimum Gasteiger partial charge on any atom is -0.265 e. The van der Waals surface area contributed by atoms with Crippen LogP contribution in [0.5, 0.6) is 0 Å². The monoisotopic (exact) mass is 167 g/mol. The molecule has 0 aromatic carbocycles. The quantitative estimate of drug-likeness (QED) is 0.626. The lowest BCUT2D eigenvalue weighted by atomic mass is 9.86. The molecule has 1 aromatic heterocycles. The molecule has 1 nitrogen and oxygen atoms in total. The summed E-state index contributed by atoms with van der Waals surface area (Å²) < 4.78 is 13.6. The summed E-state index contributed by atoms with van der Waals surface area (Å²) in [5.41, 5.74) is 0.374. The van der Waals surface area contributed by atoms with E-state index in [2.05, 4.69) is 4.98 Å². The Morgan fingerprint density at radius 3 is 2.17 bits per heavy atom. The molecule has 2 heteroatoms.